The largest absolute Gasteiger partial charge is 0.478 e. The molecule has 0 aliphatic carbocycles. The van der Waals surface area contributed by atoms with Crippen LogP contribution in [0.2, 0.25) is 0 Å². The summed E-state index contributed by atoms with van der Waals surface area (Å²) in [7, 11) is 0. The maximum absolute atomic E-state index is 12.3. The van der Waals surface area contributed by atoms with Crippen molar-refractivity contribution in [1.82, 2.24) is 10.3 Å². The van der Waals surface area contributed by atoms with Gasteiger partial charge in [-0.15, -0.1) is 11.3 Å². The molecule has 0 fully saturated rings. The lowest BCUT2D eigenvalue weighted by Gasteiger charge is -2.12. The molecule has 0 atom stereocenters. The molecular weight excluding hydrogens is 288 g/mol. The van der Waals surface area contributed by atoms with Gasteiger partial charge in [0.25, 0.3) is 5.91 Å². The highest BCUT2D eigenvalue weighted by Gasteiger charge is 2.21. The minimum atomic E-state index is -1.09. The number of carboxylic acid groups (broad SMARTS) is 1. The molecule has 0 saturated heterocycles. The van der Waals surface area contributed by atoms with Crippen LogP contribution in [0.15, 0.2) is 17.5 Å². The van der Waals surface area contributed by atoms with Gasteiger partial charge >= 0.3 is 5.97 Å². The van der Waals surface area contributed by atoms with E-state index in [1.165, 1.54) is 11.3 Å². The number of nitrogens with one attached hydrogen (secondary N) is 1. The average Bonchev–Trinajstić information content (AvgIpc) is 2.83. The Kier molecular flexibility index (Phi) is 4.37. The SMILES string of the molecule is Cc1nc(CNC(=O)c2c(C)ccc(C)c2C(=O)O)cs1. The molecule has 1 aromatic carbocycles. The molecule has 1 amide bonds. The molecule has 2 aromatic rings. The van der Waals surface area contributed by atoms with E-state index in [0.717, 1.165) is 10.7 Å². The number of carbonyl (C=O) groups excluding carboxylic acids is 1. The second-order valence-electron chi connectivity index (χ2n) is 4.80. The van der Waals surface area contributed by atoms with Crippen LogP contribution in [0.3, 0.4) is 0 Å². The average molecular weight is 304 g/mol. The summed E-state index contributed by atoms with van der Waals surface area (Å²) in [5, 5.41) is 14.9. The predicted molar refractivity (Wildman–Crippen MR) is 80.9 cm³/mol. The smallest absolute Gasteiger partial charge is 0.336 e. The van der Waals surface area contributed by atoms with Crippen LogP contribution in [-0.4, -0.2) is 22.0 Å². The van der Waals surface area contributed by atoms with E-state index < -0.39 is 5.97 Å². The van der Waals surface area contributed by atoms with Crippen LogP contribution in [0.25, 0.3) is 0 Å². The number of amides is 1. The second-order valence-corrected chi connectivity index (χ2v) is 5.86. The first-order chi connectivity index (χ1) is 9.90. The fourth-order valence-electron chi connectivity index (χ4n) is 2.13. The van der Waals surface area contributed by atoms with Gasteiger partial charge in [-0.1, -0.05) is 12.1 Å². The molecule has 21 heavy (non-hydrogen) atoms. The Labute approximate surface area is 126 Å². The molecule has 2 rings (SSSR count). The van der Waals surface area contributed by atoms with Gasteiger partial charge < -0.3 is 10.4 Å². The summed E-state index contributed by atoms with van der Waals surface area (Å²) in [5.41, 5.74) is 2.26. The first-order valence-corrected chi connectivity index (χ1v) is 7.31. The maximum atomic E-state index is 12.3. The standard InChI is InChI=1S/C15H16N2O3S/c1-8-4-5-9(2)13(15(19)20)12(8)14(18)16-6-11-7-21-10(3)17-11/h4-5,7H,6H2,1-3H3,(H,16,18)(H,19,20). The molecule has 6 heteroatoms. The van der Waals surface area contributed by atoms with Crippen LogP contribution in [0.1, 0.15) is 42.5 Å². The van der Waals surface area contributed by atoms with E-state index in [9.17, 15) is 14.7 Å². The summed E-state index contributed by atoms with van der Waals surface area (Å²) in [5.74, 6) is -1.48. The summed E-state index contributed by atoms with van der Waals surface area (Å²) in [6, 6.07) is 3.46. The zero-order chi connectivity index (χ0) is 15.6. The van der Waals surface area contributed by atoms with Gasteiger partial charge in [0.15, 0.2) is 0 Å². The Morgan fingerprint density at radius 2 is 1.81 bits per heavy atom. The van der Waals surface area contributed by atoms with Crippen molar-refractivity contribution in [2.45, 2.75) is 27.3 Å². The highest BCUT2D eigenvalue weighted by Crippen LogP contribution is 2.19. The molecule has 5 nitrogen and oxygen atoms in total. The van der Waals surface area contributed by atoms with E-state index in [-0.39, 0.29) is 23.6 Å². The van der Waals surface area contributed by atoms with Crippen molar-refractivity contribution < 1.29 is 14.7 Å². The number of nitrogens with zero attached hydrogens (tertiary/aromatic N) is 1. The fraction of sp³-hybridized carbons (Fsp3) is 0.267. The molecule has 0 aliphatic heterocycles. The lowest BCUT2D eigenvalue weighted by Crippen LogP contribution is -2.26. The molecular formula is C15H16N2O3S. The van der Waals surface area contributed by atoms with Crippen molar-refractivity contribution in [3.05, 3.63) is 50.5 Å². The molecule has 0 spiro atoms. The third-order valence-electron chi connectivity index (χ3n) is 3.16. The van der Waals surface area contributed by atoms with Crippen molar-refractivity contribution in [3.63, 3.8) is 0 Å². The van der Waals surface area contributed by atoms with E-state index in [1.54, 1.807) is 26.0 Å². The van der Waals surface area contributed by atoms with Crippen molar-refractivity contribution in [1.29, 1.82) is 0 Å². The number of rotatable bonds is 4. The number of hydrogen-bond donors (Lipinski definition) is 2. The van der Waals surface area contributed by atoms with Crippen molar-refractivity contribution in [3.8, 4) is 0 Å². The van der Waals surface area contributed by atoms with Crippen molar-refractivity contribution in [2.24, 2.45) is 0 Å². The first kappa shape index (κ1) is 15.2. The van der Waals surface area contributed by atoms with Crippen LogP contribution in [0, 0.1) is 20.8 Å². The van der Waals surface area contributed by atoms with Gasteiger partial charge in [-0.25, -0.2) is 9.78 Å². The highest BCUT2D eigenvalue weighted by molar-refractivity contribution is 7.09. The van der Waals surface area contributed by atoms with Crippen molar-refractivity contribution in [2.75, 3.05) is 0 Å². The van der Waals surface area contributed by atoms with E-state index in [0.29, 0.717) is 11.1 Å². The molecule has 0 aliphatic rings. The Bertz CT molecular complexity index is 707. The zero-order valence-corrected chi connectivity index (χ0v) is 12.9. The molecule has 0 bridgehead atoms. The summed E-state index contributed by atoms with van der Waals surface area (Å²) in [6.07, 6.45) is 0. The van der Waals surface area contributed by atoms with E-state index in [1.807, 2.05) is 12.3 Å². The number of aryl methyl sites for hydroxylation is 3. The minimum absolute atomic E-state index is 0.0574. The number of carbonyl (C=O) groups is 2. The third-order valence-corrected chi connectivity index (χ3v) is 3.98. The van der Waals surface area contributed by atoms with Gasteiger partial charge in [0.05, 0.1) is 28.4 Å². The Hall–Kier alpha value is -2.21. The Morgan fingerprint density at radius 3 is 2.33 bits per heavy atom. The first-order valence-electron chi connectivity index (χ1n) is 6.43. The Morgan fingerprint density at radius 1 is 1.19 bits per heavy atom. The molecule has 2 N–H and O–H groups in total. The van der Waals surface area contributed by atoms with E-state index >= 15 is 0 Å². The monoisotopic (exact) mass is 304 g/mol. The summed E-state index contributed by atoms with van der Waals surface area (Å²) < 4.78 is 0. The van der Waals surface area contributed by atoms with Gasteiger partial charge in [-0.05, 0) is 31.9 Å². The normalized spacial score (nSPS) is 10.4. The molecule has 110 valence electrons. The molecule has 1 aromatic heterocycles. The topological polar surface area (TPSA) is 79.3 Å². The lowest BCUT2D eigenvalue weighted by atomic mass is 9.96. The molecule has 0 radical (unpaired) electrons. The number of aromatic nitrogens is 1. The van der Waals surface area contributed by atoms with E-state index in [4.69, 9.17) is 0 Å². The van der Waals surface area contributed by atoms with Crippen LogP contribution in [-0.2, 0) is 6.54 Å². The Balaban J connectivity index is 2.26. The zero-order valence-electron chi connectivity index (χ0n) is 12.1. The quantitative estimate of drug-likeness (QED) is 0.910. The third kappa shape index (κ3) is 3.28. The van der Waals surface area contributed by atoms with Gasteiger partial charge in [0.1, 0.15) is 0 Å². The molecule has 0 saturated carbocycles. The van der Waals surface area contributed by atoms with Gasteiger partial charge in [0, 0.05) is 5.38 Å². The molecule has 0 unspecified atom stereocenters. The number of hydrogen-bond acceptors (Lipinski definition) is 4. The fourth-order valence-corrected chi connectivity index (χ4v) is 2.74. The number of aromatic carboxylic acids is 1. The van der Waals surface area contributed by atoms with Crippen LogP contribution < -0.4 is 5.32 Å². The summed E-state index contributed by atoms with van der Waals surface area (Å²) >= 11 is 1.51. The number of benzene rings is 1. The van der Waals surface area contributed by atoms with Crippen LogP contribution in [0.5, 0.6) is 0 Å². The minimum Gasteiger partial charge on any atom is -0.478 e. The molecule has 1 heterocycles. The van der Waals surface area contributed by atoms with Gasteiger partial charge in [0.2, 0.25) is 0 Å². The number of carboxylic acids is 1. The van der Waals surface area contributed by atoms with Gasteiger partial charge in [-0.3, -0.25) is 4.79 Å². The van der Waals surface area contributed by atoms with E-state index in [2.05, 4.69) is 10.3 Å². The summed E-state index contributed by atoms with van der Waals surface area (Å²) in [6.45, 7) is 5.59. The maximum Gasteiger partial charge on any atom is 0.336 e. The van der Waals surface area contributed by atoms with Crippen molar-refractivity contribution >= 4 is 23.2 Å². The number of thiazole rings is 1. The van der Waals surface area contributed by atoms with Crippen LogP contribution in [0.4, 0.5) is 0 Å². The summed E-state index contributed by atoms with van der Waals surface area (Å²) in [4.78, 5) is 28.0. The predicted octanol–water partition coefficient (Wildman–Crippen LogP) is 2.70. The lowest BCUT2D eigenvalue weighted by molar-refractivity contribution is 0.0690. The van der Waals surface area contributed by atoms with Gasteiger partial charge in [-0.2, -0.15) is 0 Å². The van der Waals surface area contributed by atoms with Crippen LogP contribution >= 0.6 is 11.3 Å². The highest BCUT2D eigenvalue weighted by atomic mass is 32.1. The second kappa shape index (κ2) is 6.05.